The second kappa shape index (κ2) is 8.08. The predicted octanol–water partition coefficient (Wildman–Crippen LogP) is 2.06. The Balaban J connectivity index is 3.54. The summed E-state index contributed by atoms with van der Waals surface area (Å²) in [4.78, 5) is 0. The van der Waals surface area contributed by atoms with E-state index in [-0.39, 0.29) is 5.60 Å². The van der Waals surface area contributed by atoms with Crippen molar-refractivity contribution in [3.8, 4) is 0 Å². The minimum Gasteiger partial charge on any atom is -0.379 e. The largest absolute Gasteiger partial charge is 0.379 e. The van der Waals surface area contributed by atoms with Gasteiger partial charge in [0, 0.05) is 13.2 Å². The van der Waals surface area contributed by atoms with Gasteiger partial charge in [-0.2, -0.15) is 0 Å². The minimum atomic E-state index is -0.0596. The van der Waals surface area contributed by atoms with E-state index in [0.717, 1.165) is 19.6 Å². The van der Waals surface area contributed by atoms with Crippen LogP contribution in [-0.2, 0) is 9.47 Å². The SMILES string of the molecule is CCC(C)(CNC)OCCOCC(C)C. The van der Waals surface area contributed by atoms with E-state index in [0.29, 0.717) is 19.1 Å². The molecule has 0 radical (unpaired) electrons. The van der Waals surface area contributed by atoms with Gasteiger partial charge in [-0.15, -0.1) is 0 Å². The Kier molecular flexibility index (Phi) is 8.02. The van der Waals surface area contributed by atoms with Gasteiger partial charge in [0.2, 0.25) is 0 Å². The fraction of sp³-hybridized carbons (Fsp3) is 1.00. The number of hydrogen-bond acceptors (Lipinski definition) is 3. The van der Waals surface area contributed by atoms with Crippen LogP contribution in [0.4, 0.5) is 0 Å². The summed E-state index contributed by atoms with van der Waals surface area (Å²) in [6.45, 7) is 11.6. The van der Waals surface area contributed by atoms with Gasteiger partial charge in [0.25, 0.3) is 0 Å². The van der Waals surface area contributed by atoms with E-state index in [1.54, 1.807) is 0 Å². The van der Waals surface area contributed by atoms with Crippen molar-refractivity contribution < 1.29 is 9.47 Å². The van der Waals surface area contributed by atoms with E-state index in [9.17, 15) is 0 Å². The summed E-state index contributed by atoms with van der Waals surface area (Å²) in [6, 6.07) is 0. The second-order valence-electron chi connectivity index (χ2n) is 4.65. The minimum absolute atomic E-state index is 0.0596. The summed E-state index contributed by atoms with van der Waals surface area (Å²) in [5.41, 5.74) is -0.0596. The maximum Gasteiger partial charge on any atom is 0.0776 e. The number of ether oxygens (including phenoxy) is 2. The van der Waals surface area contributed by atoms with Crippen LogP contribution in [0.5, 0.6) is 0 Å². The van der Waals surface area contributed by atoms with Crippen LogP contribution in [0.25, 0.3) is 0 Å². The van der Waals surface area contributed by atoms with E-state index in [1.807, 2.05) is 7.05 Å². The molecule has 1 atom stereocenters. The summed E-state index contributed by atoms with van der Waals surface area (Å²) in [5.74, 6) is 0.597. The third-order valence-corrected chi connectivity index (χ3v) is 2.43. The molecule has 0 bridgehead atoms. The molecular weight excluding hydrogens is 190 g/mol. The molecule has 0 aromatic rings. The normalized spacial score (nSPS) is 15.6. The monoisotopic (exact) mass is 217 g/mol. The van der Waals surface area contributed by atoms with Crippen molar-refractivity contribution in [2.24, 2.45) is 5.92 Å². The lowest BCUT2D eigenvalue weighted by Gasteiger charge is -2.28. The number of nitrogens with one attached hydrogen (secondary N) is 1. The quantitative estimate of drug-likeness (QED) is 0.600. The molecule has 15 heavy (non-hydrogen) atoms. The van der Waals surface area contributed by atoms with Gasteiger partial charge in [-0.05, 0) is 26.3 Å². The first-order valence-electron chi connectivity index (χ1n) is 5.90. The number of hydrogen-bond donors (Lipinski definition) is 1. The standard InChI is InChI=1S/C12H27NO2/c1-6-12(4,10-13-5)15-8-7-14-9-11(2)3/h11,13H,6-10H2,1-5H3. The third kappa shape index (κ3) is 7.77. The number of rotatable bonds is 9. The van der Waals surface area contributed by atoms with Gasteiger partial charge in [0.1, 0.15) is 0 Å². The van der Waals surface area contributed by atoms with Crippen molar-refractivity contribution in [3.05, 3.63) is 0 Å². The lowest BCUT2D eigenvalue weighted by Crippen LogP contribution is -2.39. The van der Waals surface area contributed by atoms with Crippen LogP contribution in [0.1, 0.15) is 34.1 Å². The molecule has 0 aliphatic carbocycles. The van der Waals surface area contributed by atoms with Crippen LogP contribution in [-0.4, -0.2) is 39.0 Å². The zero-order chi connectivity index (χ0) is 11.7. The molecule has 0 rings (SSSR count). The van der Waals surface area contributed by atoms with Crippen LogP contribution in [0.2, 0.25) is 0 Å². The van der Waals surface area contributed by atoms with Crippen molar-refractivity contribution in [1.82, 2.24) is 5.32 Å². The molecule has 0 amide bonds. The summed E-state index contributed by atoms with van der Waals surface area (Å²) >= 11 is 0. The van der Waals surface area contributed by atoms with Crippen LogP contribution in [0.3, 0.4) is 0 Å². The fourth-order valence-electron chi connectivity index (χ4n) is 1.32. The lowest BCUT2D eigenvalue weighted by atomic mass is 10.0. The number of likely N-dealkylation sites (N-methyl/N-ethyl adjacent to an activating group) is 1. The zero-order valence-electron chi connectivity index (χ0n) is 10.9. The van der Waals surface area contributed by atoms with Crippen molar-refractivity contribution >= 4 is 0 Å². The summed E-state index contributed by atoms with van der Waals surface area (Å²) in [5, 5.41) is 3.15. The van der Waals surface area contributed by atoms with Gasteiger partial charge in [-0.1, -0.05) is 20.8 Å². The van der Waals surface area contributed by atoms with Gasteiger partial charge in [0.15, 0.2) is 0 Å². The Morgan fingerprint density at radius 1 is 1.27 bits per heavy atom. The van der Waals surface area contributed by atoms with Crippen LogP contribution in [0, 0.1) is 5.92 Å². The highest BCUT2D eigenvalue weighted by Gasteiger charge is 2.21. The molecule has 0 spiro atoms. The molecule has 1 N–H and O–H groups in total. The first-order chi connectivity index (χ1) is 7.04. The molecule has 92 valence electrons. The Morgan fingerprint density at radius 2 is 1.93 bits per heavy atom. The first-order valence-corrected chi connectivity index (χ1v) is 5.90. The molecule has 0 saturated heterocycles. The Morgan fingerprint density at radius 3 is 2.40 bits per heavy atom. The Hall–Kier alpha value is -0.120. The molecule has 1 unspecified atom stereocenters. The Bertz CT molecular complexity index is 151. The van der Waals surface area contributed by atoms with Crippen molar-refractivity contribution in [1.29, 1.82) is 0 Å². The van der Waals surface area contributed by atoms with E-state index in [2.05, 4.69) is 33.0 Å². The van der Waals surface area contributed by atoms with Gasteiger partial charge in [0.05, 0.1) is 18.8 Å². The highest BCUT2D eigenvalue weighted by molar-refractivity contribution is 4.75. The highest BCUT2D eigenvalue weighted by atomic mass is 16.5. The smallest absolute Gasteiger partial charge is 0.0776 e. The summed E-state index contributed by atoms with van der Waals surface area (Å²) in [6.07, 6.45) is 1.01. The summed E-state index contributed by atoms with van der Waals surface area (Å²) in [7, 11) is 1.95. The van der Waals surface area contributed by atoms with Crippen LogP contribution >= 0.6 is 0 Å². The van der Waals surface area contributed by atoms with Crippen LogP contribution in [0.15, 0.2) is 0 Å². The topological polar surface area (TPSA) is 30.5 Å². The maximum absolute atomic E-state index is 5.81. The molecule has 0 heterocycles. The predicted molar refractivity (Wildman–Crippen MR) is 64.2 cm³/mol. The Labute approximate surface area is 94.5 Å². The van der Waals surface area contributed by atoms with Gasteiger partial charge in [-0.25, -0.2) is 0 Å². The molecule has 0 aromatic carbocycles. The van der Waals surface area contributed by atoms with Crippen molar-refractivity contribution in [2.45, 2.75) is 39.7 Å². The van der Waals surface area contributed by atoms with E-state index in [4.69, 9.17) is 9.47 Å². The molecule has 0 aliphatic rings. The molecular formula is C12H27NO2. The molecule has 0 aromatic heterocycles. The average Bonchev–Trinajstić information content (AvgIpc) is 2.17. The molecule has 3 heteroatoms. The molecule has 3 nitrogen and oxygen atoms in total. The highest BCUT2D eigenvalue weighted by Crippen LogP contribution is 2.13. The van der Waals surface area contributed by atoms with Gasteiger partial charge < -0.3 is 14.8 Å². The van der Waals surface area contributed by atoms with Gasteiger partial charge in [-0.3, -0.25) is 0 Å². The fourth-order valence-corrected chi connectivity index (χ4v) is 1.32. The summed E-state index contributed by atoms with van der Waals surface area (Å²) < 4.78 is 11.3. The average molecular weight is 217 g/mol. The molecule has 0 aliphatic heterocycles. The second-order valence-corrected chi connectivity index (χ2v) is 4.65. The van der Waals surface area contributed by atoms with Crippen molar-refractivity contribution in [2.75, 3.05) is 33.4 Å². The molecule has 0 fully saturated rings. The third-order valence-electron chi connectivity index (χ3n) is 2.43. The van der Waals surface area contributed by atoms with Crippen molar-refractivity contribution in [3.63, 3.8) is 0 Å². The molecule has 0 saturated carbocycles. The first kappa shape index (κ1) is 14.9. The van der Waals surface area contributed by atoms with E-state index >= 15 is 0 Å². The maximum atomic E-state index is 5.81. The van der Waals surface area contributed by atoms with Gasteiger partial charge >= 0.3 is 0 Å². The zero-order valence-corrected chi connectivity index (χ0v) is 10.9. The lowest BCUT2D eigenvalue weighted by molar-refractivity contribution is -0.0589. The van der Waals surface area contributed by atoms with E-state index in [1.165, 1.54) is 0 Å². The van der Waals surface area contributed by atoms with Crippen LogP contribution < -0.4 is 5.32 Å². The van der Waals surface area contributed by atoms with E-state index < -0.39 is 0 Å².